The van der Waals surface area contributed by atoms with E-state index >= 15 is 0 Å². The van der Waals surface area contributed by atoms with Crippen molar-refractivity contribution in [1.29, 1.82) is 0 Å². The molecule has 0 spiro atoms. The van der Waals surface area contributed by atoms with Gasteiger partial charge in [0.15, 0.2) is 0 Å². The molecule has 1 heterocycles. The highest BCUT2D eigenvalue weighted by Gasteiger charge is 2.14. The first-order valence-electron chi connectivity index (χ1n) is 5.38. The summed E-state index contributed by atoms with van der Waals surface area (Å²) in [5.41, 5.74) is 2.41. The zero-order chi connectivity index (χ0) is 12.4. The Morgan fingerprint density at radius 1 is 1.29 bits per heavy atom. The number of aromatic nitrogens is 1. The predicted molar refractivity (Wildman–Crippen MR) is 78.4 cm³/mol. The molecule has 0 aliphatic rings. The second-order valence-electron chi connectivity index (χ2n) is 3.98. The van der Waals surface area contributed by atoms with Crippen molar-refractivity contribution in [2.45, 2.75) is 25.1 Å². The van der Waals surface area contributed by atoms with E-state index in [1.807, 2.05) is 19.1 Å². The lowest BCUT2D eigenvalue weighted by Gasteiger charge is -2.08. The highest BCUT2D eigenvalue weighted by atomic mass is 79.9. The SMILES string of the molecule is Cc1nc(C)c(C(Br)Cc2ccc(Cl)cc2)s1. The molecule has 0 radical (unpaired) electrons. The van der Waals surface area contributed by atoms with Crippen LogP contribution in [0.3, 0.4) is 0 Å². The summed E-state index contributed by atoms with van der Waals surface area (Å²) in [7, 11) is 0. The maximum atomic E-state index is 5.87. The first-order valence-corrected chi connectivity index (χ1v) is 7.49. The highest BCUT2D eigenvalue weighted by molar-refractivity contribution is 9.09. The van der Waals surface area contributed by atoms with Crippen LogP contribution in [0.4, 0.5) is 0 Å². The van der Waals surface area contributed by atoms with Gasteiger partial charge in [0.2, 0.25) is 0 Å². The van der Waals surface area contributed by atoms with Crippen LogP contribution in [0, 0.1) is 13.8 Å². The lowest BCUT2D eigenvalue weighted by atomic mass is 10.1. The second kappa shape index (κ2) is 5.51. The van der Waals surface area contributed by atoms with E-state index in [9.17, 15) is 0 Å². The maximum absolute atomic E-state index is 5.87. The molecular weight excluding hydrogens is 318 g/mol. The van der Waals surface area contributed by atoms with Crippen LogP contribution in [0.2, 0.25) is 5.02 Å². The molecule has 1 unspecified atom stereocenters. The Balaban J connectivity index is 2.14. The summed E-state index contributed by atoms with van der Waals surface area (Å²) in [6.07, 6.45) is 0.958. The van der Waals surface area contributed by atoms with Crippen LogP contribution in [0.1, 0.15) is 26.0 Å². The van der Waals surface area contributed by atoms with Crippen LogP contribution in [-0.4, -0.2) is 4.98 Å². The molecule has 1 atom stereocenters. The molecule has 90 valence electrons. The van der Waals surface area contributed by atoms with Crippen molar-refractivity contribution in [1.82, 2.24) is 4.98 Å². The molecule has 0 amide bonds. The van der Waals surface area contributed by atoms with Gasteiger partial charge in [-0.2, -0.15) is 0 Å². The van der Waals surface area contributed by atoms with E-state index in [1.54, 1.807) is 11.3 Å². The summed E-state index contributed by atoms with van der Waals surface area (Å²) in [4.78, 5) is 6.10. The topological polar surface area (TPSA) is 12.9 Å². The number of aryl methyl sites for hydroxylation is 2. The van der Waals surface area contributed by atoms with Crippen molar-refractivity contribution in [2.24, 2.45) is 0 Å². The van der Waals surface area contributed by atoms with E-state index < -0.39 is 0 Å². The summed E-state index contributed by atoms with van der Waals surface area (Å²) in [6.45, 7) is 4.11. The van der Waals surface area contributed by atoms with Crippen molar-refractivity contribution in [3.05, 3.63) is 50.4 Å². The Bertz CT molecular complexity index is 507. The molecule has 4 heteroatoms. The lowest BCUT2D eigenvalue weighted by molar-refractivity contribution is 0.950. The summed E-state index contributed by atoms with van der Waals surface area (Å²) in [5, 5.41) is 1.91. The van der Waals surface area contributed by atoms with Crippen LogP contribution in [0.5, 0.6) is 0 Å². The van der Waals surface area contributed by atoms with Gasteiger partial charge in [0.25, 0.3) is 0 Å². The Morgan fingerprint density at radius 2 is 1.94 bits per heavy atom. The number of benzene rings is 1. The Morgan fingerprint density at radius 3 is 2.47 bits per heavy atom. The van der Waals surface area contributed by atoms with Crippen molar-refractivity contribution in [2.75, 3.05) is 0 Å². The number of rotatable bonds is 3. The number of hydrogen-bond acceptors (Lipinski definition) is 2. The van der Waals surface area contributed by atoms with Gasteiger partial charge in [0, 0.05) is 9.90 Å². The smallest absolute Gasteiger partial charge is 0.0900 e. The summed E-state index contributed by atoms with van der Waals surface area (Å²) in [6, 6.07) is 8.00. The Hall–Kier alpha value is -0.380. The summed E-state index contributed by atoms with van der Waals surface area (Å²) < 4.78 is 0. The van der Waals surface area contributed by atoms with Crippen molar-refractivity contribution >= 4 is 38.9 Å². The van der Waals surface area contributed by atoms with Crippen LogP contribution in [0.15, 0.2) is 24.3 Å². The fraction of sp³-hybridized carbons (Fsp3) is 0.308. The van der Waals surface area contributed by atoms with Gasteiger partial charge in [-0.05, 0) is 38.0 Å². The van der Waals surface area contributed by atoms with E-state index in [-0.39, 0.29) is 0 Å². The summed E-state index contributed by atoms with van der Waals surface area (Å²) in [5.74, 6) is 0. The van der Waals surface area contributed by atoms with Crippen molar-refractivity contribution in [3.8, 4) is 0 Å². The van der Waals surface area contributed by atoms with Gasteiger partial charge in [-0.15, -0.1) is 11.3 Å². The van der Waals surface area contributed by atoms with E-state index in [0.717, 1.165) is 22.1 Å². The molecule has 0 bridgehead atoms. The van der Waals surface area contributed by atoms with Gasteiger partial charge in [0.1, 0.15) is 0 Å². The largest absolute Gasteiger partial charge is 0.247 e. The second-order valence-corrected chi connectivity index (χ2v) is 6.76. The first-order chi connectivity index (χ1) is 8.06. The molecule has 1 aromatic heterocycles. The minimum Gasteiger partial charge on any atom is -0.247 e. The standard InChI is InChI=1S/C13H13BrClNS/c1-8-13(17-9(2)16-8)12(14)7-10-3-5-11(15)6-4-10/h3-6,12H,7H2,1-2H3. The molecule has 0 aliphatic carbocycles. The van der Waals surface area contributed by atoms with Gasteiger partial charge in [-0.25, -0.2) is 4.98 Å². The van der Waals surface area contributed by atoms with Gasteiger partial charge in [-0.3, -0.25) is 0 Å². The zero-order valence-electron chi connectivity index (χ0n) is 9.71. The molecule has 1 aromatic carbocycles. The number of halogens is 2. The molecule has 0 saturated carbocycles. The third-order valence-electron chi connectivity index (χ3n) is 2.55. The average Bonchev–Trinajstić information content (AvgIpc) is 2.61. The molecule has 2 aromatic rings. The first kappa shape index (κ1) is 13.1. The van der Waals surface area contributed by atoms with E-state index in [2.05, 4.69) is 40.0 Å². The van der Waals surface area contributed by atoms with Crippen LogP contribution in [-0.2, 0) is 6.42 Å². The normalized spacial score (nSPS) is 12.7. The fourth-order valence-corrected chi connectivity index (χ4v) is 3.77. The number of thiazole rings is 1. The van der Waals surface area contributed by atoms with Gasteiger partial charge in [0.05, 0.1) is 15.5 Å². The third-order valence-corrected chi connectivity index (χ3v) is 5.08. The number of alkyl halides is 1. The van der Waals surface area contributed by atoms with Gasteiger partial charge in [-0.1, -0.05) is 39.7 Å². The van der Waals surface area contributed by atoms with Crippen LogP contribution < -0.4 is 0 Å². The monoisotopic (exact) mass is 329 g/mol. The van der Waals surface area contributed by atoms with Gasteiger partial charge < -0.3 is 0 Å². The van der Waals surface area contributed by atoms with Crippen LogP contribution in [0.25, 0.3) is 0 Å². The molecular formula is C13H13BrClNS. The predicted octanol–water partition coefficient (Wildman–Crippen LogP) is 5.09. The molecule has 1 nitrogen and oxygen atoms in total. The van der Waals surface area contributed by atoms with E-state index in [4.69, 9.17) is 11.6 Å². The van der Waals surface area contributed by atoms with E-state index in [0.29, 0.717) is 4.83 Å². The van der Waals surface area contributed by atoms with Crippen molar-refractivity contribution in [3.63, 3.8) is 0 Å². The zero-order valence-corrected chi connectivity index (χ0v) is 12.9. The quantitative estimate of drug-likeness (QED) is 0.714. The minimum atomic E-state index is 0.329. The highest BCUT2D eigenvalue weighted by Crippen LogP contribution is 2.33. The van der Waals surface area contributed by atoms with Crippen molar-refractivity contribution < 1.29 is 0 Å². The lowest BCUT2D eigenvalue weighted by Crippen LogP contribution is -1.94. The Kier molecular flexibility index (Phi) is 4.23. The Labute approximate surface area is 119 Å². The minimum absolute atomic E-state index is 0.329. The summed E-state index contributed by atoms with van der Waals surface area (Å²) >= 11 is 11.4. The van der Waals surface area contributed by atoms with E-state index in [1.165, 1.54) is 10.4 Å². The number of nitrogens with zero attached hydrogens (tertiary/aromatic N) is 1. The molecule has 0 N–H and O–H groups in total. The molecule has 17 heavy (non-hydrogen) atoms. The molecule has 2 rings (SSSR count). The average molecular weight is 331 g/mol. The fourth-order valence-electron chi connectivity index (χ4n) is 1.76. The molecule has 0 aliphatic heterocycles. The molecule has 0 saturated heterocycles. The van der Waals surface area contributed by atoms with Gasteiger partial charge >= 0.3 is 0 Å². The molecule has 0 fully saturated rings. The maximum Gasteiger partial charge on any atom is 0.0900 e. The van der Waals surface area contributed by atoms with Crippen LogP contribution >= 0.6 is 38.9 Å². The number of hydrogen-bond donors (Lipinski definition) is 0. The third kappa shape index (κ3) is 3.30.